The third-order valence-electron chi connectivity index (χ3n) is 7.19. The lowest BCUT2D eigenvalue weighted by atomic mass is 10.1. The summed E-state index contributed by atoms with van der Waals surface area (Å²) in [4.78, 5) is 63.8. The lowest BCUT2D eigenvalue weighted by Crippen LogP contribution is -2.40. The number of phosphoric ester groups is 3. The molecular weight excluding hydrogens is 795 g/mol. The van der Waals surface area contributed by atoms with Gasteiger partial charge in [0.2, 0.25) is 5.91 Å². The lowest BCUT2D eigenvalue weighted by Gasteiger charge is -2.28. The average Bonchev–Trinajstić information content (AvgIpc) is 3.67. The van der Waals surface area contributed by atoms with Crippen molar-refractivity contribution in [3.63, 3.8) is 0 Å². The van der Waals surface area contributed by atoms with Crippen molar-refractivity contribution in [2.24, 2.45) is 5.73 Å². The van der Waals surface area contributed by atoms with Crippen LogP contribution < -0.4 is 11.5 Å². The quantitative estimate of drug-likeness (QED) is 0.103. The van der Waals surface area contributed by atoms with Crippen molar-refractivity contribution in [1.82, 2.24) is 24.4 Å². The molecule has 3 aliphatic heterocycles. The predicted molar refractivity (Wildman–Crippen MR) is 161 cm³/mol. The number of aromatic nitrogens is 4. The molecule has 2 fully saturated rings. The summed E-state index contributed by atoms with van der Waals surface area (Å²) in [6.07, 6.45) is -5.30. The van der Waals surface area contributed by atoms with E-state index in [1.807, 2.05) is 0 Å². The van der Waals surface area contributed by atoms with Crippen molar-refractivity contribution in [3.05, 3.63) is 36.7 Å². The van der Waals surface area contributed by atoms with Crippen LogP contribution in [0.3, 0.4) is 0 Å². The summed E-state index contributed by atoms with van der Waals surface area (Å²) in [6, 6.07) is 0. The van der Waals surface area contributed by atoms with E-state index in [-0.39, 0.29) is 29.0 Å². The molecule has 3 aliphatic rings. The number of rotatable bonds is 14. The summed E-state index contributed by atoms with van der Waals surface area (Å²) < 4.78 is 72.9. The Hall–Kier alpha value is -2.25. The molecule has 0 aromatic carbocycles. The van der Waals surface area contributed by atoms with Crippen LogP contribution >= 0.6 is 39.7 Å². The molecule has 28 heteroatoms. The molecule has 0 radical (unpaired) electrons. The summed E-state index contributed by atoms with van der Waals surface area (Å²) in [5.41, 5.74) is 11.4. The number of primary amides is 1. The Morgan fingerprint density at radius 3 is 2.27 bits per heavy atom. The van der Waals surface area contributed by atoms with Gasteiger partial charge in [0.1, 0.15) is 48.5 Å². The van der Waals surface area contributed by atoms with Crippen LogP contribution in [0.5, 0.6) is 0 Å². The van der Waals surface area contributed by atoms with Gasteiger partial charge in [0.15, 0.2) is 23.9 Å². The second-order valence-electron chi connectivity index (χ2n) is 10.5. The number of halogens is 1. The zero-order valence-electron chi connectivity index (χ0n) is 24.4. The number of imidazole rings is 1. The van der Waals surface area contributed by atoms with E-state index in [9.17, 15) is 48.3 Å². The Bertz CT molecular complexity index is 1760. The first kappa shape index (κ1) is 38.0. The Kier molecular flexibility index (Phi) is 11.5. The predicted octanol–water partition coefficient (Wildman–Crippen LogP) is -1.24. The molecule has 5 rings (SSSR count). The van der Waals surface area contributed by atoms with Crippen LogP contribution in [0, 0.1) is 0 Å². The van der Waals surface area contributed by atoms with Crippen molar-refractivity contribution < 1.29 is 79.5 Å². The van der Waals surface area contributed by atoms with Gasteiger partial charge in [0, 0.05) is 18.0 Å². The highest BCUT2D eigenvalue weighted by atomic mass is 79.9. The topological polar surface area (TPSA) is 353 Å². The van der Waals surface area contributed by atoms with E-state index in [2.05, 4.69) is 35.5 Å². The fraction of sp³-hybridized carbons (Fsp3) is 0.524. The summed E-state index contributed by atoms with van der Waals surface area (Å²) in [5, 5.41) is 21.5. The summed E-state index contributed by atoms with van der Waals surface area (Å²) in [7, 11) is -16.2. The highest BCUT2D eigenvalue weighted by Gasteiger charge is 2.51. The maximum Gasteiger partial charge on any atom is 0.481 e. The zero-order valence-corrected chi connectivity index (χ0v) is 28.7. The molecule has 0 aliphatic carbocycles. The summed E-state index contributed by atoms with van der Waals surface area (Å²) in [5.74, 6) is -0.760. The number of hydrogen-bond acceptors (Lipinski definition) is 18. The molecule has 0 saturated carbocycles. The molecule has 2 aromatic rings. The number of ether oxygens (including phenoxy) is 2. The smallest absolute Gasteiger partial charge is 0.387 e. The van der Waals surface area contributed by atoms with E-state index in [1.165, 1.54) is 17.3 Å². The molecule has 2 unspecified atom stereocenters. The average molecular weight is 824 g/mol. The first-order valence-corrected chi connectivity index (χ1v) is 18.8. The van der Waals surface area contributed by atoms with Crippen LogP contribution in [-0.4, -0.2) is 116 Å². The minimum atomic E-state index is -5.50. The third-order valence-corrected chi connectivity index (χ3v) is 10.7. The third kappa shape index (κ3) is 8.80. The molecule has 10 N–H and O–H groups in total. The molecule has 0 bridgehead atoms. The number of hydrogen-bond donors (Lipinski definition) is 8. The maximum absolute atomic E-state index is 12.6. The Labute approximate surface area is 283 Å². The molecule has 1 amide bonds. The van der Waals surface area contributed by atoms with Gasteiger partial charge in [-0.1, -0.05) is 6.08 Å². The van der Waals surface area contributed by atoms with Crippen LogP contribution in [0.1, 0.15) is 12.6 Å². The zero-order chi connectivity index (χ0) is 35.9. The molecule has 2 saturated heterocycles. The standard InChI is InChI=1S/C21H29BrN7O17P3/c22-44-15-11(43-20(14(15)31)28-3-1-2-9(4-28)18(24)32)6-41-49(38,39)46-48(36,37)40-5-10-13(30)16(45-47(33,34)35)21(42-10)29-8-27-12-17(23)25-7-26-19(12)29/h1,3-4,7-8,10-11,13-16,20-21,30-31H,2,5-6H2,(H2,24,32)(H,36,37)(H,38,39)(H2,23,25,26)(H2,33,34,35)/t10-,11-,13-,14-,15-,16-,20-,21-/m1/s1. The van der Waals surface area contributed by atoms with Crippen LogP contribution in [0.4, 0.5) is 5.82 Å². The van der Waals surface area contributed by atoms with E-state index in [4.69, 9.17) is 38.3 Å². The highest BCUT2D eigenvalue weighted by Crippen LogP contribution is 2.61. The number of amides is 1. The van der Waals surface area contributed by atoms with Crippen molar-refractivity contribution in [2.45, 2.75) is 55.5 Å². The number of carbonyl (C=O) groups is 1. The Morgan fingerprint density at radius 2 is 1.63 bits per heavy atom. The van der Waals surface area contributed by atoms with Crippen molar-refractivity contribution >= 4 is 62.6 Å². The van der Waals surface area contributed by atoms with E-state index in [0.29, 0.717) is 0 Å². The number of nitrogen functional groups attached to an aromatic ring is 1. The largest absolute Gasteiger partial charge is 0.481 e. The molecule has 5 heterocycles. The van der Waals surface area contributed by atoms with Gasteiger partial charge in [-0.2, -0.15) is 4.31 Å². The second-order valence-corrected chi connectivity index (χ2v) is 15.1. The fourth-order valence-electron chi connectivity index (χ4n) is 5.03. The van der Waals surface area contributed by atoms with Gasteiger partial charge in [0.05, 0.1) is 35.8 Å². The van der Waals surface area contributed by atoms with E-state index >= 15 is 0 Å². The lowest BCUT2D eigenvalue weighted by molar-refractivity contribution is -0.115. The van der Waals surface area contributed by atoms with Crippen LogP contribution in [0.2, 0.25) is 0 Å². The summed E-state index contributed by atoms with van der Waals surface area (Å²) >= 11 is 2.73. The minimum absolute atomic E-state index is 0.0111. The van der Waals surface area contributed by atoms with Gasteiger partial charge in [-0.05, 0) is 6.42 Å². The van der Waals surface area contributed by atoms with Crippen LogP contribution in [0.15, 0.2) is 36.7 Å². The number of nitrogens with zero attached hydrogens (tertiary/aromatic N) is 5. The van der Waals surface area contributed by atoms with Crippen LogP contribution in [0.25, 0.3) is 11.2 Å². The normalized spacial score (nSPS) is 31.5. The number of anilines is 1. The molecule has 49 heavy (non-hydrogen) atoms. The van der Waals surface area contributed by atoms with Gasteiger partial charge < -0.3 is 55.6 Å². The fourth-order valence-corrected chi connectivity index (χ4v) is 8.13. The van der Waals surface area contributed by atoms with Gasteiger partial charge >= 0.3 is 23.5 Å². The van der Waals surface area contributed by atoms with E-state index in [1.54, 1.807) is 6.08 Å². The molecule has 10 atom stereocenters. The summed E-state index contributed by atoms with van der Waals surface area (Å²) in [6.45, 7) is -1.90. The Morgan fingerprint density at radius 1 is 0.980 bits per heavy atom. The van der Waals surface area contributed by atoms with Crippen LogP contribution in [-0.2, 0) is 49.7 Å². The molecule has 24 nitrogen and oxygen atoms in total. The molecule has 272 valence electrons. The molecule has 0 spiro atoms. The van der Waals surface area contributed by atoms with E-state index in [0.717, 1.165) is 17.2 Å². The van der Waals surface area contributed by atoms with Gasteiger partial charge in [-0.3, -0.25) is 26.8 Å². The number of phosphoric acid groups is 3. The number of aliphatic hydroxyl groups is 2. The van der Waals surface area contributed by atoms with Crippen molar-refractivity contribution in [3.8, 4) is 0 Å². The number of carbonyl (C=O) groups excluding carboxylic acids is 1. The van der Waals surface area contributed by atoms with Gasteiger partial charge in [-0.15, -0.1) is 0 Å². The molecular formula is C21H29BrN7O17P3. The first-order chi connectivity index (χ1) is 22.9. The SMILES string of the molecule is NC(=O)C1=CN([C@@H]2O[C@H](COP(=O)(O)OP(=O)(O)OC[C@H]3O[C@@H](n4cnc5c(N)ncnc54)[C@H](OP(=O)(O)O)[C@@H]3O)[C@@H](OBr)[C@H]2O)C=CC1. The highest BCUT2D eigenvalue weighted by molar-refractivity contribution is 9.06. The number of allylic oxidation sites excluding steroid dienone is 1. The number of nitrogens with two attached hydrogens (primary N) is 2. The monoisotopic (exact) mass is 823 g/mol. The maximum atomic E-state index is 12.6. The molecule has 2 aromatic heterocycles. The first-order valence-electron chi connectivity index (χ1n) is 13.6. The van der Waals surface area contributed by atoms with Crippen molar-refractivity contribution in [1.29, 1.82) is 0 Å². The minimum Gasteiger partial charge on any atom is -0.387 e. The van der Waals surface area contributed by atoms with E-state index < -0.39 is 91.7 Å². The Balaban J connectivity index is 1.21. The second kappa shape index (κ2) is 14.8. The number of fused-ring (bicyclic) bond motifs is 1. The van der Waals surface area contributed by atoms with Gasteiger partial charge in [-0.25, -0.2) is 28.6 Å². The number of aliphatic hydroxyl groups excluding tert-OH is 2. The van der Waals surface area contributed by atoms with Crippen molar-refractivity contribution in [2.75, 3.05) is 18.9 Å². The van der Waals surface area contributed by atoms with Gasteiger partial charge in [0.25, 0.3) is 0 Å².